The van der Waals surface area contributed by atoms with Gasteiger partial charge in [0, 0.05) is 33.2 Å². The van der Waals surface area contributed by atoms with E-state index < -0.39 is 0 Å². The van der Waals surface area contributed by atoms with Crippen LogP contribution in [-0.4, -0.2) is 19.9 Å². The predicted octanol–water partition coefficient (Wildman–Crippen LogP) is 24.2. The Morgan fingerprint density at radius 2 is 0.675 bits per heavy atom. The lowest BCUT2D eigenvalue weighted by Crippen LogP contribution is -1.97. The van der Waals surface area contributed by atoms with Crippen LogP contribution in [0.15, 0.2) is 121 Å². The van der Waals surface area contributed by atoms with Crippen molar-refractivity contribution >= 4 is 46.4 Å². The van der Waals surface area contributed by atoms with Crippen molar-refractivity contribution in [3.63, 3.8) is 0 Å². The molecule has 5 heterocycles. The SMILES string of the molecule is CCCCCCCCCCCCCCCCc1cc(-c2c3nc(cc4ccc([nH]4)c(-c4ccc(-c5ccccc5CCCCCCCC)c(C)c4)c4nc(cc5ccc2[nH]5)C=C4)C=C3)ccc1-c1ccccc1CCCCCCCCCC. The molecule has 0 aliphatic carbocycles. The molecule has 83 heavy (non-hydrogen) atoms. The third-order valence-corrected chi connectivity index (χ3v) is 17.8. The second-order valence-corrected chi connectivity index (χ2v) is 24.5. The average Bonchev–Trinajstić information content (AvgIpc) is 4.53. The molecule has 8 bridgehead atoms. The van der Waals surface area contributed by atoms with Gasteiger partial charge in [-0.3, -0.25) is 0 Å². The van der Waals surface area contributed by atoms with E-state index >= 15 is 0 Å². The highest BCUT2D eigenvalue weighted by Crippen LogP contribution is 2.39. The summed E-state index contributed by atoms with van der Waals surface area (Å²) in [6.45, 7) is 9.18. The summed E-state index contributed by atoms with van der Waals surface area (Å²) in [6.07, 6.45) is 49.7. The normalized spacial score (nSPS) is 12.0. The Bertz CT molecular complexity index is 3360. The predicted molar refractivity (Wildman–Crippen MR) is 363 cm³/mol. The molecule has 0 radical (unpaired) electrons. The minimum Gasteiger partial charge on any atom is -0.355 e. The molecule has 0 amide bonds. The van der Waals surface area contributed by atoms with Gasteiger partial charge in [0.05, 0.1) is 22.8 Å². The minimum absolute atomic E-state index is 0.925. The standard InChI is InChI=1S/C79H100N4/c1-5-8-11-14-17-19-20-21-22-23-24-26-29-32-41-63-57-65(45-51-73(63)72-43-36-34-40-62(72)38-31-28-25-18-15-12-9-6-2)79-76-54-48-68(82-76)58-66-46-52-74(80-66)78(75-53-47-67(81-75)59-69-49-55-77(79)83-69)64-44-50-70(60(4)56-64)71-42-35-33-39-61(71)37-30-27-16-13-10-7-3/h33-36,39-40,42-59,80,83H,5-32,37-38,41H2,1-4H3. The summed E-state index contributed by atoms with van der Waals surface area (Å²) in [6, 6.07) is 45.9. The van der Waals surface area contributed by atoms with Crippen LogP contribution in [0.4, 0.5) is 0 Å². The van der Waals surface area contributed by atoms with Crippen LogP contribution in [-0.2, 0) is 19.3 Å². The molecule has 0 atom stereocenters. The molecule has 2 N–H and O–H groups in total. The van der Waals surface area contributed by atoms with Crippen LogP contribution in [0.2, 0.25) is 0 Å². The van der Waals surface area contributed by atoms with Crippen molar-refractivity contribution in [1.82, 2.24) is 19.9 Å². The van der Waals surface area contributed by atoms with Gasteiger partial charge in [-0.15, -0.1) is 0 Å². The monoisotopic (exact) mass is 1100 g/mol. The first-order valence-corrected chi connectivity index (χ1v) is 33.5. The number of hydrogen-bond donors (Lipinski definition) is 2. The number of nitrogens with one attached hydrogen (secondary N) is 2. The van der Waals surface area contributed by atoms with E-state index in [1.54, 1.807) is 0 Å². The zero-order chi connectivity index (χ0) is 57.3. The third kappa shape index (κ3) is 17.8. The lowest BCUT2D eigenvalue weighted by molar-refractivity contribution is 0.535. The number of H-pyrrole nitrogens is 2. The maximum absolute atomic E-state index is 5.42. The smallest absolute Gasteiger partial charge is 0.0736 e. The second kappa shape index (κ2) is 33.1. The zero-order valence-corrected chi connectivity index (χ0v) is 51.7. The van der Waals surface area contributed by atoms with Crippen LogP contribution < -0.4 is 0 Å². The van der Waals surface area contributed by atoms with Gasteiger partial charge < -0.3 is 9.97 Å². The molecule has 2 aliphatic heterocycles. The number of unbranched alkanes of at least 4 members (excludes halogenated alkanes) is 25. The minimum atomic E-state index is 0.925. The first kappa shape index (κ1) is 61.1. The van der Waals surface area contributed by atoms with Gasteiger partial charge in [0.1, 0.15) is 0 Å². The van der Waals surface area contributed by atoms with Gasteiger partial charge in [-0.1, -0.05) is 266 Å². The molecular formula is C79H100N4. The molecule has 4 aromatic carbocycles. The number of aromatic nitrogens is 4. The molecule has 4 nitrogen and oxygen atoms in total. The molecule has 0 saturated carbocycles. The summed E-state index contributed by atoms with van der Waals surface area (Å²) in [5.41, 5.74) is 23.6. The summed E-state index contributed by atoms with van der Waals surface area (Å²) < 4.78 is 0. The summed E-state index contributed by atoms with van der Waals surface area (Å²) in [5.74, 6) is 0. The van der Waals surface area contributed by atoms with Crippen LogP contribution in [0.3, 0.4) is 0 Å². The maximum Gasteiger partial charge on any atom is 0.0736 e. The Kier molecular flexibility index (Phi) is 24.3. The molecule has 0 unspecified atom stereocenters. The molecule has 4 heteroatoms. The van der Waals surface area contributed by atoms with Crippen molar-refractivity contribution in [1.29, 1.82) is 0 Å². The highest BCUT2D eigenvalue weighted by atomic mass is 14.8. The molecule has 436 valence electrons. The highest BCUT2D eigenvalue weighted by Gasteiger charge is 2.18. The van der Waals surface area contributed by atoms with E-state index in [1.807, 2.05) is 0 Å². The van der Waals surface area contributed by atoms with Crippen LogP contribution in [0.5, 0.6) is 0 Å². The topological polar surface area (TPSA) is 57.4 Å². The largest absolute Gasteiger partial charge is 0.355 e. The van der Waals surface area contributed by atoms with Crippen molar-refractivity contribution < 1.29 is 0 Å². The highest BCUT2D eigenvalue weighted by molar-refractivity contribution is 5.94. The fourth-order valence-corrected chi connectivity index (χ4v) is 13.1. The number of nitrogens with zero attached hydrogens (tertiary/aromatic N) is 2. The average molecular weight is 1110 g/mol. The maximum atomic E-state index is 5.42. The first-order valence-electron chi connectivity index (χ1n) is 33.5. The number of benzene rings is 4. The van der Waals surface area contributed by atoms with Crippen LogP contribution >= 0.6 is 0 Å². The van der Waals surface area contributed by atoms with Gasteiger partial charge >= 0.3 is 0 Å². The van der Waals surface area contributed by atoms with E-state index in [4.69, 9.17) is 9.97 Å². The van der Waals surface area contributed by atoms with Gasteiger partial charge in [-0.2, -0.15) is 0 Å². The molecule has 3 aromatic heterocycles. The zero-order valence-electron chi connectivity index (χ0n) is 51.7. The molecule has 0 spiro atoms. The molecule has 9 rings (SSSR count). The van der Waals surface area contributed by atoms with Crippen molar-refractivity contribution in [2.24, 2.45) is 0 Å². The van der Waals surface area contributed by atoms with Crippen molar-refractivity contribution in [3.8, 4) is 44.5 Å². The van der Waals surface area contributed by atoms with Gasteiger partial charge in [-0.05, 0) is 162 Å². The molecule has 7 aromatic rings. The fraction of sp³-hybridized carbons (Fsp3) is 0.443. The van der Waals surface area contributed by atoms with Crippen molar-refractivity contribution in [2.45, 2.75) is 227 Å². The van der Waals surface area contributed by atoms with E-state index in [9.17, 15) is 0 Å². The Balaban J connectivity index is 1.01. The Hall–Kier alpha value is -6.52. The number of rotatable bonds is 35. The van der Waals surface area contributed by atoms with Gasteiger partial charge in [0.25, 0.3) is 0 Å². The Morgan fingerprint density at radius 1 is 0.313 bits per heavy atom. The molecular weight excluding hydrogens is 1000 g/mol. The number of aromatic amines is 2. The van der Waals surface area contributed by atoms with E-state index in [-0.39, 0.29) is 0 Å². The lowest BCUT2D eigenvalue weighted by atomic mass is 9.88. The van der Waals surface area contributed by atoms with Crippen LogP contribution in [0.1, 0.15) is 246 Å². The van der Waals surface area contributed by atoms with Gasteiger partial charge in [0.2, 0.25) is 0 Å². The number of hydrogen-bond acceptors (Lipinski definition) is 2. The van der Waals surface area contributed by atoms with Crippen molar-refractivity contribution in [2.75, 3.05) is 0 Å². The quantitative estimate of drug-likeness (QED) is 0.0389. The Labute approximate surface area is 501 Å². The number of fused-ring (bicyclic) bond motifs is 8. The first-order chi connectivity index (χ1) is 41.0. The van der Waals surface area contributed by atoms with E-state index in [0.29, 0.717) is 0 Å². The summed E-state index contributed by atoms with van der Waals surface area (Å²) in [5, 5.41) is 0. The Morgan fingerprint density at radius 3 is 1.11 bits per heavy atom. The molecule has 2 aliphatic rings. The fourth-order valence-electron chi connectivity index (χ4n) is 13.1. The van der Waals surface area contributed by atoms with E-state index in [2.05, 4.69) is 183 Å². The van der Waals surface area contributed by atoms with E-state index in [1.165, 1.54) is 230 Å². The van der Waals surface area contributed by atoms with Gasteiger partial charge in [-0.25, -0.2) is 9.97 Å². The molecule has 0 saturated heterocycles. The van der Waals surface area contributed by atoms with Crippen molar-refractivity contribution in [3.05, 3.63) is 166 Å². The van der Waals surface area contributed by atoms with Crippen LogP contribution in [0, 0.1) is 6.92 Å². The summed E-state index contributed by atoms with van der Waals surface area (Å²) in [7, 11) is 0. The summed E-state index contributed by atoms with van der Waals surface area (Å²) >= 11 is 0. The summed E-state index contributed by atoms with van der Waals surface area (Å²) in [4.78, 5) is 18.5. The lowest BCUT2D eigenvalue weighted by Gasteiger charge is -2.17. The van der Waals surface area contributed by atoms with E-state index in [0.717, 1.165) is 80.8 Å². The van der Waals surface area contributed by atoms with Gasteiger partial charge in [0.15, 0.2) is 0 Å². The molecule has 0 fully saturated rings. The third-order valence-electron chi connectivity index (χ3n) is 17.8. The van der Waals surface area contributed by atoms with Crippen LogP contribution in [0.25, 0.3) is 90.9 Å². The second-order valence-electron chi connectivity index (χ2n) is 24.5. The number of aryl methyl sites for hydroxylation is 4.